The minimum atomic E-state index is 0.281. The van der Waals surface area contributed by atoms with Gasteiger partial charge in [-0.3, -0.25) is 0 Å². The van der Waals surface area contributed by atoms with Gasteiger partial charge in [0.05, 0.1) is 5.71 Å². The fourth-order valence-corrected chi connectivity index (χ4v) is 1.83. The third kappa shape index (κ3) is 0.923. The monoisotopic (exact) mass is 183 g/mol. The molecule has 3 heteroatoms. The van der Waals surface area contributed by atoms with Gasteiger partial charge in [0.25, 0.3) is 0 Å². The van der Waals surface area contributed by atoms with E-state index < -0.39 is 0 Å². The first-order chi connectivity index (χ1) is 6.84. The SMILES string of the molecule is Nc1ccc2c(n1)N=C1C=CC=CC12. The van der Waals surface area contributed by atoms with Crippen molar-refractivity contribution in [1.29, 1.82) is 0 Å². The highest BCUT2D eigenvalue weighted by Crippen LogP contribution is 2.36. The van der Waals surface area contributed by atoms with Crippen LogP contribution in [0, 0.1) is 0 Å². The number of nitrogens with zero attached hydrogens (tertiary/aromatic N) is 2. The number of pyridine rings is 1. The predicted molar refractivity (Wildman–Crippen MR) is 56.8 cm³/mol. The molecule has 68 valence electrons. The molecule has 0 saturated carbocycles. The zero-order valence-electron chi connectivity index (χ0n) is 7.51. The largest absolute Gasteiger partial charge is 0.384 e. The van der Waals surface area contributed by atoms with Gasteiger partial charge in [-0.2, -0.15) is 0 Å². The molecule has 2 heterocycles. The normalized spacial score (nSPS) is 21.7. The quantitative estimate of drug-likeness (QED) is 0.668. The van der Waals surface area contributed by atoms with Crippen molar-refractivity contribution in [2.45, 2.75) is 5.92 Å². The Hall–Kier alpha value is -1.90. The van der Waals surface area contributed by atoms with Crippen molar-refractivity contribution in [1.82, 2.24) is 4.98 Å². The van der Waals surface area contributed by atoms with Crippen LogP contribution in [0.3, 0.4) is 0 Å². The second kappa shape index (κ2) is 2.54. The average molecular weight is 183 g/mol. The molecule has 0 fully saturated rings. The molecule has 1 unspecified atom stereocenters. The van der Waals surface area contributed by atoms with E-state index >= 15 is 0 Å². The van der Waals surface area contributed by atoms with Gasteiger partial charge in [0.1, 0.15) is 5.82 Å². The number of hydrogen-bond acceptors (Lipinski definition) is 3. The standard InChI is InChI=1S/C11H9N3/c12-10-6-5-8-7-3-1-2-4-9(7)13-11(8)14-10/h1-7H,(H2,12,14). The topological polar surface area (TPSA) is 51.3 Å². The highest BCUT2D eigenvalue weighted by molar-refractivity contribution is 6.07. The Balaban J connectivity index is 2.20. The molecule has 1 aromatic rings. The van der Waals surface area contributed by atoms with Crippen LogP contribution in [0.1, 0.15) is 11.5 Å². The van der Waals surface area contributed by atoms with Gasteiger partial charge < -0.3 is 5.73 Å². The zero-order chi connectivity index (χ0) is 9.54. The van der Waals surface area contributed by atoms with Crippen LogP contribution >= 0.6 is 0 Å². The van der Waals surface area contributed by atoms with Gasteiger partial charge in [-0.1, -0.05) is 24.3 Å². The fourth-order valence-electron chi connectivity index (χ4n) is 1.83. The molecule has 2 N–H and O–H groups in total. The minimum absolute atomic E-state index is 0.281. The molecule has 1 aliphatic carbocycles. The number of aromatic nitrogens is 1. The van der Waals surface area contributed by atoms with Crippen molar-refractivity contribution in [3.05, 3.63) is 42.0 Å². The maximum Gasteiger partial charge on any atom is 0.158 e. The van der Waals surface area contributed by atoms with E-state index in [-0.39, 0.29) is 5.92 Å². The fraction of sp³-hybridized carbons (Fsp3) is 0.0909. The molecular weight excluding hydrogens is 174 g/mol. The summed E-state index contributed by atoms with van der Waals surface area (Å²) in [5, 5.41) is 0. The number of anilines is 1. The number of allylic oxidation sites excluding steroid dienone is 4. The van der Waals surface area contributed by atoms with Crippen molar-refractivity contribution in [2.75, 3.05) is 5.73 Å². The molecule has 0 radical (unpaired) electrons. The smallest absolute Gasteiger partial charge is 0.158 e. The number of nitrogen functional groups attached to an aromatic ring is 1. The van der Waals surface area contributed by atoms with E-state index in [1.807, 2.05) is 30.4 Å². The molecule has 1 aliphatic heterocycles. The van der Waals surface area contributed by atoms with Crippen LogP contribution in [-0.4, -0.2) is 10.7 Å². The van der Waals surface area contributed by atoms with E-state index in [0.29, 0.717) is 5.82 Å². The first kappa shape index (κ1) is 7.50. The lowest BCUT2D eigenvalue weighted by molar-refractivity contribution is 1.16. The molecule has 14 heavy (non-hydrogen) atoms. The van der Waals surface area contributed by atoms with Crippen LogP contribution in [0.2, 0.25) is 0 Å². The third-order valence-corrected chi connectivity index (χ3v) is 2.50. The number of aliphatic imine (C=N–C) groups is 1. The molecule has 0 bridgehead atoms. The van der Waals surface area contributed by atoms with Crippen LogP contribution in [0.15, 0.2) is 41.4 Å². The van der Waals surface area contributed by atoms with E-state index in [9.17, 15) is 0 Å². The maximum atomic E-state index is 5.60. The van der Waals surface area contributed by atoms with Crippen molar-refractivity contribution >= 4 is 17.3 Å². The minimum Gasteiger partial charge on any atom is -0.384 e. The van der Waals surface area contributed by atoms with Crippen molar-refractivity contribution in [3.8, 4) is 0 Å². The van der Waals surface area contributed by atoms with E-state index in [1.54, 1.807) is 0 Å². The summed E-state index contributed by atoms with van der Waals surface area (Å²) in [5.74, 6) is 1.57. The Morgan fingerprint density at radius 3 is 3.07 bits per heavy atom. The van der Waals surface area contributed by atoms with E-state index in [4.69, 9.17) is 5.73 Å². The van der Waals surface area contributed by atoms with Gasteiger partial charge in [0, 0.05) is 11.5 Å². The summed E-state index contributed by atoms with van der Waals surface area (Å²) in [7, 11) is 0. The average Bonchev–Trinajstić information content (AvgIpc) is 2.54. The number of hydrogen-bond donors (Lipinski definition) is 1. The van der Waals surface area contributed by atoms with Crippen LogP contribution < -0.4 is 5.73 Å². The van der Waals surface area contributed by atoms with Gasteiger partial charge in [-0.05, 0) is 12.1 Å². The van der Waals surface area contributed by atoms with Gasteiger partial charge >= 0.3 is 0 Å². The lowest BCUT2D eigenvalue weighted by Crippen LogP contribution is -2.04. The van der Waals surface area contributed by atoms with Crippen LogP contribution in [-0.2, 0) is 0 Å². The Bertz CT molecular complexity index is 483. The summed E-state index contributed by atoms with van der Waals surface area (Å²) >= 11 is 0. The van der Waals surface area contributed by atoms with E-state index in [2.05, 4.69) is 16.1 Å². The Labute approximate surface area is 81.7 Å². The molecule has 0 aromatic carbocycles. The second-order valence-corrected chi connectivity index (χ2v) is 3.41. The van der Waals surface area contributed by atoms with Crippen molar-refractivity contribution in [3.63, 3.8) is 0 Å². The Morgan fingerprint density at radius 1 is 1.21 bits per heavy atom. The lowest BCUT2D eigenvalue weighted by atomic mass is 9.94. The van der Waals surface area contributed by atoms with Crippen molar-refractivity contribution < 1.29 is 0 Å². The summed E-state index contributed by atoms with van der Waals surface area (Å²) in [4.78, 5) is 8.62. The summed E-state index contributed by atoms with van der Waals surface area (Å²) in [6.07, 6.45) is 8.17. The first-order valence-electron chi connectivity index (χ1n) is 4.54. The summed E-state index contributed by atoms with van der Waals surface area (Å²) in [6, 6.07) is 3.83. The molecular formula is C11H9N3. The maximum absolute atomic E-state index is 5.60. The molecule has 1 atom stereocenters. The lowest BCUT2D eigenvalue weighted by Gasteiger charge is -2.08. The highest BCUT2D eigenvalue weighted by Gasteiger charge is 2.25. The third-order valence-electron chi connectivity index (χ3n) is 2.50. The molecule has 0 saturated heterocycles. The summed E-state index contributed by atoms with van der Waals surface area (Å²) < 4.78 is 0. The number of rotatable bonds is 0. The van der Waals surface area contributed by atoms with E-state index in [1.165, 1.54) is 0 Å². The summed E-state index contributed by atoms with van der Waals surface area (Å²) in [5.41, 5.74) is 7.81. The molecule has 0 spiro atoms. The van der Waals surface area contributed by atoms with Gasteiger partial charge in [0.15, 0.2) is 5.82 Å². The van der Waals surface area contributed by atoms with Crippen LogP contribution in [0.5, 0.6) is 0 Å². The van der Waals surface area contributed by atoms with Gasteiger partial charge in [0.2, 0.25) is 0 Å². The number of fused-ring (bicyclic) bond motifs is 3. The van der Waals surface area contributed by atoms with Crippen LogP contribution in [0.25, 0.3) is 0 Å². The molecule has 2 aliphatic rings. The number of nitrogens with two attached hydrogens (primary N) is 1. The highest BCUT2D eigenvalue weighted by atomic mass is 15.0. The summed E-state index contributed by atoms with van der Waals surface area (Å²) in [6.45, 7) is 0. The molecule has 1 aromatic heterocycles. The van der Waals surface area contributed by atoms with Crippen LogP contribution in [0.4, 0.5) is 11.6 Å². The Morgan fingerprint density at radius 2 is 2.14 bits per heavy atom. The zero-order valence-corrected chi connectivity index (χ0v) is 7.51. The van der Waals surface area contributed by atoms with Gasteiger partial charge in [-0.15, -0.1) is 0 Å². The first-order valence-corrected chi connectivity index (χ1v) is 4.54. The molecule has 3 nitrogen and oxygen atoms in total. The molecule has 0 amide bonds. The van der Waals surface area contributed by atoms with Gasteiger partial charge in [-0.25, -0.2) is 9.98 Å². The predicted octanol–water partition coefficient (Wildman–Crippen LogP) is 1.96. The van der Waals surface area contributed by atoms with Crippen molar-refractivity contribution in [2.24, 2.45) is 4.99 Å². The second-order valence-electron chi connectivity index (χ2n) is 3.41. The Kier molecular flexibility index (Phi) is 1.36. The van der Waals surface area contributed by atoms with E-state index in [0.717, 1.165) is 17.1 Å². The molecule has 3 rings (SSSR count).